The SMILES string of the molecule is c1ccc(-c2ccc(-c3ccc(CC(CCc4ccc(-c5ccc6c(c5)oc5ccccc56)cc4)c4ccc(-c5ccc6c(c5)[nH]c5ccccc56)cc4)cc3)cc2)cc1. The molecule has 0 spiro atoms. The van der Waals surface area contributed by atoms with Crippen molar-refractivity contribution in [1.82, 2.24) is 4.98 Å². The molecule has 0 aliphatic carbocycles. The number of para-hydroxylation sites is 2. The third kappa shape index (κ3) is 6.97. The first-order valence-electron chi connectivity index (χ1n) is 21.0. The van der Waals surface area contributed by atoms with Gasteiger partial charge in [0.25, 0.3) is 0 Å². The molecule has 2 heteroatoms. The summed E-state index contributed by atoms with van der Waals surface area (Å²) in [5.41, 5.74) is 18.1. The van der Waals surface area contributed by atoms with Crippen LogP contribution in [0.5, 0.6) is 0 Å². The Balaban J connectivity index is 0.843. The highest BCUT2D eigenvalue weighted by molar-refractivity contribution is 6.08. The van der Waals surface area contributed by atoms with Crippen LogP contribution >= 0.6 is 0 Å². The zero-order chi connectivity index (χ0) is 39.8. The molecule has 11 rings (SSSR count). The topological polar surface area (TPSA) is 28.9 Å². The molecule has 0 bridgehead atoms. The quantitative estimate of drug-likeness (QED) is 0.147. The number of aromatic nitrogens is 1. The number of fused-ring (bicyclic) bond motifs is 6. The Morgan fingerprint density at radius 2 is 0.833 bits per heavy atom. The van der Waals surface area contributed by atoms with Crippen LogP contribution in [0, 0.1) is 0 Å². The number of nitrogens with one attached hydrogen (secondary N) is 1. The van der Waals surface area contributed by atoms with E-state index in [1.807, 2.05) is 12.1 Å². The van der Waals surface area contributed by atoms with Crippen molar-refractivity contribution in [2.75, 3.05) is 0 Å². The van der Waals surface area contributed by atoms with Crippen LogP contribution in [-0.4, -0.2) is 4.98 Å². The largest absolute Gasteiger partial charge is 0.456 e. The standard InChI is InChI=1S/C58H43NO/c1-2-8-41(9-3-1)43-24-26-44(27-25-43)42-21-17-40(18-22-42)36-48(46-28-30-47(31-29-46)49-32-34-52-51-10-4-6-12-55(51)59-56(52)37-49)23-16-39-14-19-45(20-15-39)50-33-35-54-53-11-5-7-13-57(53)60-58(54)38-50/h1-15,17-22,24-35,37-38,48,59H,16,23,36H2. The van der Waals surface area contributed by atoms with Crippen molar-refractivity contribution in [2.24, 2.45) is 0 Å². The molecule has 0 radical (unpaired) electrons. The minimum atomic E-state index is 0.362. The van der Waals surface area contributed by atoms with Gasteiger partial charge >= 0.3 is 0 Å². The van der Waals surface area contributed by atoms with Crippen molar-refractivity contribution in [3.63, 3.8) is 0 Å². The number of furan rings is 1. The maximum absolute atomic E-state index is 6.20. The van der Waals surface area contributed by atoms with E-state index in [0.717, 1.165) is 41.2 Å². The van der Waals surface area contributed by atoms with Crippen molar-refractivity contribution in [1.29, 1.82) is 0 Å². The molecular weight excluding hydrogens is 727 g/mol. The van der Waals surface area contributed by atoms with Gasteiger partial charge in [0.2, 0.25) is 0 Å². The van der Waals surface area contributed by atoms with Crippen LogP contribution < -0.4 is 0 Å². The molecule has 2 heterocycles. The molecule has 0 amide bonds. The van der Waals surface area contributed by atoms with Crippen molar-refractivity contribution in [3.8, 4) is 44.5 Å². The molecule has 0 aliphatic rings. The van der Waals surface area contributed by atoms with Crippen LogP contribution in [0.1, 0.15) is 29.0 Å². The second-order valence-corrected chi connectivity index (χ2v) is 16.1. The normalized spacial score (nSPS) is 12.1. The van der Waals surface area contributed by atoms with Crippen molar-refractivity contribution >= 4 is 43.7 Å². The van der Waals surface area contributed by atoms with E-state index in [2.05, 4.69) is 205 Å². The fourth-order valence-corrected chi connectivity index (χ4v) is 9.08. The lowest BCUT2D eigenvalue weighted by Gasteiger charge is -2.19. The van der Waals surface area contributed by atoms with Crippen LogP contribution in [0.3, 0.4) is 0 Å². The number of aromatic amines is 1. The highest BCUT2D eigenvalue weighted by atomic mass is 16.3. The Morgan fingerprint density at radius 1 is 0.350 bits per heavy atom. The number of hydrogen-bond acceptors (Lipinski definition) is 1. The monoisotopic (exact) mass is 769 g/mol. The van der Waals surface area contributed by atoms with E-state index < -0.39 is 0 Å². The highest BCUT2D eigenvalue weighted by Crippen LogP contribution is 2.35. The molecule has 1 atom stereocenters. The Kier molecular flexibility index (Phi) is 9.17. The molecule has 2 aromatic heterocycles. The average molecular weight is 770 g/mol. The van der Waals surface area contributed by atoms with Gasteiger partial charge in [0.05, 0.1) is 0 Å². The van der Waals surface area contributed by atoms with Crippen molar-refractivity contribution in [3.05, 3.63) is 229 Å². The van der Waals surface area contributed by atoms with E-state index >= 15 is 0 Å². The summed E-state index contributed by atoms with van der Waals surface area (Å²) < 4.78 is 6.20. The highest BCUT2D eigenvalue weighted by Gasteiger charge is 2.15. The van der Waals surface area contributed by atoms with Crippen molar-refractivity contribution < 1.29 is 4.42 Å². The average Bonchev–Trinajstić information content (AvgIpc) is 3.89. The number of rotatable bonds is 10. The van der Waals surface area contributed by atoms with Gasteiger partial charge in [-0.25, -0.2) is 0 Å². The zero-order valence-corrected chi connectivity index (χ0v) is 33.3. The van der Waals surface area contributed by atoms with Gasteiger partial charge in [0.1, 0.15) is 11.2 Å². The Hall–Kier alpha value is -7.42. The molecule has 286 valence electrons. The molecule has 60 heavy (non-hydrogen) atoms. The lowest BCUT2D eigenvalue weighted by Crippen LogP contribution is -2.05. The molecule has 0 fully saturated rings. The van der Waals surface area contributed by atoms with Gasteiger partial charge in [0, 0.05) is 32.6 Å². The van der Waals surface area contributed by atoms with E-state index in [4.69, 9.17) is 4.42 Å². The van der Waals surface area contributed by atoms with Crippen LogP contribution in [0.2, 0.25) is 0 Å². The van der Waals surface area contributed by atoms with E-state index in [9.17, 15) is 0 Å². The summed E-state index contributed by atoms with van der Waals surface area (Å²) >= 11 is 0. The number of H-pyrrole nitrogens is 1. The minimum absolute atomic E-state index is 0.362. The summed E-state index contributed by atoms with van der Waals surface area (Å²) in [7, 11) is 0. The Labute approximate surface area is 350 Å². The van der Waals surface area contributed by atoms with E-state index in [-0.39, 0.29) is 0 Å². The van der Waals surface area contributed by atoms with Gasteiger partial charge in [-0.05, 0) is 117 Å². The number of benzene rings is 9. The Morgan fingerprint density at radius 3 is 1.55 bits per heavy atom. The summed E-state index contributed by atoms with van der Waals surface area (Å²) in [5, 5.41) is 4.86. The van der Waals surface area contributed by atoms with Gasteiger partial charge in [0.15, 0.2) is 0 Å². The third-order valence-electron chi connectivity index (χ3n) is 12.4. The minimum Gasteiger partial charge on any atom is -0.456 e. The first-order valence-corrected chi connectivity index (χ1v) is 21.0. The van der Waals surface area contributed by atoms with E-state index in [1.165, 1.54) is 83.0 Å². The lowest BCUT2D eigenvalue weighted by molar-refractivity contribution is 0.621. The smallest absolute Gasteiger partial charge is 0.136 e. The van der Waals surface area contributed by atoms with Gasteiger partial charge in [-0.15, -0.1) is 0 Å². The molecule has 1 N–H and O–H groups in total. The summed E-state index contributed by atoms with van der Waals surface area (Å²) in [6.45, 7) is 0. The molecule has 9 aromatic carbocycles. The summed E-state index contributed by atoms with van der Waals surface area (Å²) in [6.07, 6.45) is 3.02. The van der Waals surface area contributed by atoms with Gasteiger partial charge in [-0.1, -0.05) is 182 Å². The zero-order valence-electron chi connectivity index (χ0n) is 33.3. The second-order valence-electron chi connectivity index (χ2n) is 16.1. The third-order valence-corrected chi connectivity index (χ3v) is 12.4. The fraction of sp³-hybridized carbons (Fsp3) is 0.0690. The first-order chi connectivity index (χ1) is 29.7. The number of hydrogen-bond donors (Lipinski definition) is 1. The molecule has 0 saturated heterocycles. The maximum Gasteiger partial charge on any atom is 0.136 e. The predicted octanol–water partition coefficient (Wildman–Crippen LogP) is 15.8. The first kappa shape index (κ1) is 35.7. The summed E-state index contributed by atoms with van der Waals surface area (Å²) in [6, 6.07) is 77.3. The van der Waals surface area contributed by atoms with Crippen LogP contribution in [-0.2, 0) is 12.8 Å². The summed E-state index contributed by atoms with van der Waals surface area (Å²) in [4.78, 5) is 3.62. The van der Waals surface area contributed by atoms with Crippen LogP contribution in [0.25, 0.3) is 88.3 Å². The molecule has 2 nitrogen and oxygen atoms in total. The molecule has 1 unspecified atom stereocenters. The van der Waals surface area contributed by atoms with E-state index in [1.54, 1.807) is 0 Å². The Bertz CT molecular complexity index is 3240. The van der Waals surface area contributed by atoms with Gasteiger partial charge < -0.3 is 9.40 Å². The van der Waals surface area contributed by atoms with Crippen LogP contribution in [0.4, 0.5) is 0 Å². The van der Waals surface area contributed by atoms with Gasteiger partial charge in [-0.2, -0.15) is 0 Å². The maximum atomic E-state index is 6.20. The second kappa shape index (κ2) is 15.4. The molecule has 0 aliphatic heterocycles. The number of aryl methyl sites for hydroxylation is 1. The molecule has 11 aromatic rings. The van der Waals surface area contributed by atoms with Crippen molar-refractivity contribution in [2.45, 2.75) is 25.2 Å². The summed E-state index contributed by atoms with van der Waals surface area (Å²) in [5.74, 6) is 0.362. The lowest BCUT2D eigenvalue weighted by atomic mass is 9.86. The predicted molar refractivity (Wildman–Crippen MR) is 252 cm³/mol. The van der Waals surface area contributed by atoms with Crippen LogP contribution in [0.15, 0.2) is 217 Å². The van der Waals surface area contributed by atoms with E-state index in [0.29, 0.717) is 5.92 Å². The molecule has 0 saturated carbocycles. The molecular formula is C58H43NO. The fourth-order valence-electron chi connectivity index (χ4n) is 9.08. The van der Waals surface area contributed by atoms with Gasteiger partial charge in [-0.3, -0.25) is 0 Å².